The van der Waals surface area contributed by atoms with E-state index in [0.717, 1.165) is 25.9 Å². The van der Waals surface area contributed by atoms with Gasteiger partial charge in [-0.2, -0.15) is 0 Å². The van der Waals surface area contributed by atoms with Gasteiger partial charge in [0.25, 0.3) is 5.91 Å². The van der Waals surface area contributed by atoms with Crippen LogP contribution in [0.5, 0.6) is 0 Å². The predicted octanol–water partition coefficient (Wildman–Crippen LogP) is 1.76. The van der Waals surface area contributed by atoms with Gasteiger partial charge in [-0.15, -0.1) is 0 Å². The summed E-state index contributed by atoms with van der Waals surface area (Å²) < 4.78 is 5.13. The van der Waals surface area contributed by atoms with E-state index >= 15 is 0 Å². The number of carbonyl (C=O) groups excluding carboxylic acids is 2. The molecule has 2 saturated heterocycles. The van der Waals surface area contributed by atoms with Crippen LogP contribution in [-0.2, 0) is 4.79 Å². The Morgan fingerprint density at radius 3 is 2.74 bits per heavy atom. The minimum absolute atomic E-state index is 0.105. The van der Waals surface area contributed by atoms with Crippen LogP contribution in [0.4, 0.5) is 0 Å². The average Bonchev–Trinajstić information content (AvgIpc) is 3.28. The minimum atomic E-state index is -0.303. The van der Waals surface area contributed by atoms with Crippen molar-refractivity contribution in [3.63, 3.8) is 0 Å². The van der Waals surface area contributed by atoms with Crippen LogP contribution in [0.15, 0.2) is 4.52 Å². The van der Waals surface area contributed by atoms with Gasteiger partial charge >= 0.3 is 0 Å². The Bertz CT molecular complexity index is 630. The topological polar surface area (TPSA) is 66.7 Å². The predicted molar refractivity (Wildman–Crippen MR) is 82.8 cm³/mol. The molecule has 3 heterocycles. The molecule has 0 spiro atoms. The summed E-state index contributed by atoms with van der Waals surface area (Å²) in [5.41, 5.74) is 1.13. The lowest BCUT2D eigenvalue weighted by Gasteiger charge is -2.46. The van der Waals surface area contributed by atoms with Crippen LogP contribution >= 0.6 is 0 Å². The molecule has 0 N–H and O–H groups in total. The monoisotopic (exact) mass is 317 g/mol. The largest absolute Gasteiger partial charge is 0.361 e. The van der Waals surface area contributed by atoms with Gasteiger partial charge in [0.05, 0.1) is 5.69 Å². The van der Waals surface area contributed by atoms with Crippen molar-refractivity contribution in [2.75, 3.05) is 19.6 Å². The molecule has 124 valence electrons. The van der Waals surface area contributed by atoms with E-state index in [1.807, 2.05) is 4.90 Å². The zero-order chi connectivity index (χ0) is 16.1. The smallest absolute Gasteiger partial charge is 0.260 e. The first kappa shape index (κ1) is 14.7. The number of amides is 2. The fourth-order valence-corrected chi connectivity index (χ4v) is 4.00. The third-order valence-corrected chi connectivity index (χ3v) is 5.47. The number of hydrogen-bond donors (Lipinski definition) is 0. The van der Waals surface area contributed by atoms with Gasteiger partial charge in [-0.3, -0.25) is 9.59 Å². The second kappa shape index (κ2) is 5.35. The molecule has 1 aromatic heterocycles. The summed E-state index contributed by atoms with van der Waals surface area (Å²) in [6.07, 6.45) is 4.25. The van der Waals surface area contributed by atoms with Crippen molar-refractivity contribution < 1.29 is 14.1 Å². The van der Waals surface area contributed by atoms with Crippen LogP contribution in [0.2, 0.25) is 0 Å². The summed E-state index contributed by atoms with van der Waals surface area (Å²) in [6.45, 7) is 5.93. The molecule has 1 aliphatic carbocycles. The number of aromatic nitrogens is 1. The first-order valence-electron chi connectivity index (χ1n) is 8.57. The highest BCUT2D eigenvalue weighted by Crippen LogP contribution is 2.35. The van der Waals surface area contributed by atoms with Gasteiger partial charge in [-0.05, 0) is 51.4 Å². The van der Waals surface area contributed by atoms with Crippen LogP contribution in [0.25, 0.3) is 0 Å². The first-order valence-corrected chi connectivity index (χ1v) is 8.57. The van der Waals surface area contributed by atoms with E-state index in [2.05, 4.69) is 5.16 Å². The van der Waals surface area contributed by atoms with Crippen molar-refractivity contribution in [1.82, 2.24) is 15.0 Å². The third-order valence-electron chi connectivity index (χ3n) is 5.47. The highest BCUT2D eigenvalue weighted by Gasteiger charge is 2.45. The summed E-state index contributed by atoms with van der Waals surface area (Å²) in [7, 11) is 0. The number of hydrogen-bond acceptors (Lipinski definition) is 4. The van der Waals surface area contributed by atoms with Crippen molar-refractivity contribution in [3.05, 3.63) is 17.0 Å². The van der Waals surface area contributed by atoms with Crippen molar-refractivity contribution in [3.8, 4) is 0 Å². The number of nitrogens with zero attached hydrogens (tertiary/aromatic N) is 3. The molecule has 1 saturated carbocycles. The Kier molecular flexibility index (Phi) is 3.43. The number of likely N-dealkylation sites (tertiary alicyclic amines) is 2. The Labute approximate surface area is 135 Å². The van der Waals surface area contributed by atoms with Crippen LogP contribution in [-0.4, -0.2) is 52.4 Å². The molecule has 2 aliphatic heterocycles. The lowest BCUT2D eigenvalue weighted by Crippen LogP contribution is -2.60. The van der Waals surface area contributed by atoms with Gasteiger partial charge in [0.2, 0.25) is 5.91 Å². The van der Waals surface area contributed by atoms with Gasteiger partial charge in [0, 0.05) is 19.6 Å². The third kappa shape index (κ3) is 2.54. The zero-order valence-corrected chi connectivity index (χ0v) is 13.7. The summed E-state index contributed by atoms with van der Waals surface area (Å²) in [4.78, 5) is 29.5. The number of fused-ring (bicyclic) bond motifs is 2. The maximum Gasteiger partial charge on any atom is 0.260 e. The number of piperidine rings is 2. The quantitative estimate of drug-likeness (QED) is 0.852. The molecule has 2 amide bonds. The van der Waals surface area contributed by atoms with Crippen LogP contribution in [0, 0.1) is 25.7 Å². The van der Waals surface area contributed by atoms with Crippen molar-refractivity contribution >= 4 is 11.8 Å². The molecule has 6 nitrogen and oxygen atoms in total. The van der Waals surface area contributed by atoms with Crippen molar-refractivity contribution in [1.29, 1.82) is 0 Å². The summed E-state index contributed by atoms with van der Waals surface area (Å²) in [6, 6.07) is -0.303. The molecular weight excluding hydrogens is 294 g/mol. The molecule has 3 fully saturated rings. The molecule has 0 aromatic carbocycles. The van der Waals surface area contributed by atoms with Gasteiger partial charge in [-0.1, -0.05) is 5.16 Å². The average molecular weight is 317 g/mol. The van der Waals surface area contributed by atoms with Crippen LogP contribution in [0.3, 0.4) is 0 Å². The van der Waals surface area contributed by atoms with Crippen molar-refractivity contribution in [2.24, 2.45) is 11.8 Å². The van der Waals surface area contributed by atoms with E-state index in [0.29, 0.717) is 35.4 Å². The fourth-order valence-electron chi connectivity index (χ4n) is 4.00. The van der Waals surface area contributed by atoms with Gasteiger partial charge < -0.3 is 14.3 Å². The maximum atomic E-state index is 12.9. The SMILES string of the molecule is Cc1noc(C)c1C(=O)N1CC[C@H]2C[C@@H]1C(=O)N(CC1CC1)C2. The van der Waals surface area contributed by atoms with Crippen molar-refractivity contribution in [2.45, 2.75) is 45.6 Å². The number of rotatable bonds is 3. The Balaban J connectivity index is 1.57. The lowest BCUT2D eigenvalue weighted by atomic mass is 9.85. The Morgan fingerprint density at radius 1 is 1.30 bits per heavy atom. The molecule has 23 heavy (non-hydrogen) atoms. The Hall–Kier alpha value is -1.85. The summed E-state index contributed by atoms with van der Waals surface area (Å²) in [5, 5.41) is 3.88. The molecule has 6 heteroatoms. The van der Waals surface area contributed by atoms with Gasteiger partial charge in [0.15, 0.2) is 0 Å². The van der Waals surface area contributed by atoms with Gasteiger partial charge in [0.1, 0.15) is 17.4 Å². The van der Waals surface area contributed by atoms with Crippen LogP contribution < -0.4 is 0 Å². The molecule has 3 aliphatic rings. The second-order valence-corrected chi connectivity index (χ2v) is 7.29. The van der Waals surface area contributed by atoms with Crippen LogP contribution in [0.1, 0.15) is 47.5 Å². The normalized spacial score (nSPS) is 27.5. The number of carbonyl (C=O) groups is 2. The molecule has 1 aromatic rings. The van der Waals surface area contributed by atoms with E-state index in [1.54, 1.807) is 18.7 Å². The van der Waals surface area contributed by atoms with Gasteiger partial charge in [-0.25, -0.2) is 0 Å². The minimum Gasteiger partial charge on any atom is -0.361 e. The lowest BCUT2D eigenvalue weighted by molar-refractivity contribution is -0.144. The molecule has 2 bridgehead atoms. The summed E-state index contributed by atoms with van der Waals surface area (Å²) in [5.74, 6) is 1.78. The second-order valence-electron chi connectivity index (χ2n) is 7.29. The highest BCUT2D eigenvalue weighted by molar-refractivity contribution is 5.99. The molecule has 0 unspecified atom stereocenters. The maximum absolute atomic E-state index is 12.9. The molecule has 0 radical (unpaired) electrons. The zero-order valence-electron chi connectivity index (χ0n) is 13.7. The Morgan fingerprint density at radius 2 is 2.09 bits per heavy atom. The van der Waals surface area contributed by atoms with E-state index in [4.69, 9.17) is 4.52 Å². The van der Waals surface area contributed by atoms with E-state index < -0.39 is 0 Å². The van der Waals surface area contributed by atoms with E-state index in [1.165, 1.54) is 12.8 Å². The number of aryl methyl sites for hydroxylation is 2. The molecule has 2 atom stereocenters. The molecule has 4 rings (SSSR count). The first-order chi connectivity index (χ1) is 11.0. The van der Waals surface area contributed by atoms with E-state index in [-0.39, 0.29) is 17.9 Å². The molecular formula is C17H23N3O3. The highest BCUT2D eigenvalue weighted by atomic mass is 16.5. The standard InChI is InChI=1S/C17H23N3O3/c1-10-15(11(2)23-18-10)17(22)20-6-5-13-7-14(20)16(21)19(9-13)8-12-3-4-12/h12-14H,3-9H2,1-2H3/t13-,14+/m0/s1. The summed E-state index contributed by atoms with van der Waals surface area (Å²) >= 11 is 0. The fraction of sp³-hybridized carbons (Fsp3) is 0.706. The van der Waals surface area contributed by atoms with E-state index in [9.17, 15) is 9.59 Å².